The molecule has 1 amide bonds. The number of rotatable bonds is 8. The Bertz CT molecular complexity index is 997. The number of Topliss-reactive ketones (excluding diaryl/α,β-unsaturated/α-hetero) is 1. The van der Waals surface area contributed by atoms with Crippen molar-refractivity contribution >= 4 is 17.4 Å². The van der Waals surface area contributed by atoms with Crippen LogP contribution in [0.25, 0.3) is 5.76 Å². The van der Waals surface area contributed by atoms with Crippen molar-refractivity contribution in [2.45, 2.75) is 12.5 Å². The number of benzene rings is 2. The number of carbonyl (C=O) groups excluding carboxylic acids is 2. The lowest BCUT2D eigenvalue weighted by atomic mass is 9.94. The lowest BCUT2D eigenvalue weighted by Gasteiger charge is -2.26. The Hall–Kier alpha value is -3.52. The molecule has 1 atom stereocenters. The molecule has 0 spiro atoms. The molecule has 3 rings (SSSR count). The second kappa shape index (κ2) is 9.53. The Labute approximate surface area is 180 Å². The highest BCUT2D eigenvalue weighted by atomic mass is 16.5. The van der Waals surface area contributed by atoms with Gasteiger partial charge in [0, 0.05) is 30.3 Å². The Morgan fingerprint density at radius 3 is 2.19 bits per heavy atom. The number of nitrogens with zero attached hydrogens (tertiary/aromatic N) is 1. The van der Waals surface area contributed by atoms with Crippen molar-refractivity contribution < 1.29 is 34.0 Å². The fourth-order valence-corrected chi connectivity index (χ4v) is 3.62. The minimum atomic E-state index is -0.880. The van der Waals surface area contributed by atoms with E-state index in [1.54, 1.807) is 42.5 Å². The third-order valence-electron chi connectivity index (χ3n) is 5.20. The summed E-state index contributed by atoms with van der Waals surface area (Å²) in [5.74, 6) is -0.298. The van der Waals surface area contributed by atoms with Crippen LogP contribution in [-0.2, 0) is 9.59 Å². The Morgan fingerprint density at radius 1 is 0.968 bits per heavy atom. The molecule has 8 heteroatoms. The lowest BCUT2D eigenvalue weighted by molar-refractivity contribution is -0.140. The van der Waals surface area contributed by atoms with Gasteiger partial charge in [-0.2, -0.15) is 0 Å². The standard InChI is InChI=1S/C23H25NO7/c1-29-15-7-5-14(6-8-15)21(26)19-20(24(11-4-12-25)23(28)22(19)27)17-10-9-16(30-2)13-18(17)31-3/h5-10,13,20,25-26H,4,11-12H2,1-3H3/t20-/m1/s1. The molecule has 0 unspecified atom stereocenters. The maximum absolute atomic E-state index is 13.0. The normalized spacial score (nSPS) is 17.7. The van der Waals surface area contributed by atoms with Gasteiger partial charge in [0.15, 0.2) is 0 Å². The van der Waals surface area contributed by atoms with Gasteiger partial charge in [0.05, 0.1) is 32.9 Å². The van der Waals surface area contributed by atoms with Crippen LogP contribution in [0.4, 0.5) is 0 Å². The van der Waals surface area contributed by atoms with Gasteiger partial charge in [0.25, 0.3) is 11.7 Å². The summed E-state index contributed by atoms with van der Waals surface area (Å²) in [5, 5.41) is 20.3. The Balaban J connectivity index is 2.19. The number of aliphatic hydroxyl groups excluding tert-OH is 2. The average Bonchev–Trinajstić information content (AvgIpc) is 3.06. The molecule has 0 radical (unpaired) electrons. The predicted octanol–water partition coefficient (Wildman–Crippen LogP) is 2.52. The highest BCUT2D eigenvalue weighted by Gasteiger charge is 2.46. The lowest BCUT2D eigenvalue weighted by Crippen LogP contribution is -2.31. The molecule has 0 aliphatic carbocycles. The summed E-state index contributed by atoms with van der Waals surface area (Å²) in [4.78, 5) is 27.1. The van der Waals surface area contributed by atoms with Gasteiger partial charge in [0.1, 0.15) is 23.0 Å². The number of methoxy groups -OCH3 is 3. The molecule has 0 bridgehead atoms. The van der Waals surface area contributed by atoms with Crippen LogP contribution in [0.3, 0.4) is 0 Å². The number of aliphatic hydroxyl groups is 2. The van der Waals surface area contributed by atoms with E-state index >= 15 is 0 Å². The maximum Gasteiger partial charge on any atom is 0.295 e. The first-order chi connectivity index (χ1) is 15.0. The molecular weight excluding hydrogens is 402 g/mol. The van der Waals surface area contributed by atoms with Crippen LogP contribution in [0.2, 0.25) is 0 Å². The van der Waals surface area contributed by atoms with E-state index in [0.717, 1.165) is 0 Å². The highest BCUT2D eigenvalue weighted by molar-refractivity contribution is 6.46. The second-order valence-corrected chi connectivity index (χ2v) is 6.91. The van der Waals surface area contributed by atoms with Crippen LogP contribution in [0.15, 0.2) is 48.0 Å². The van der Waals surface area contributed by atoms with Crippen LogP contribution >= 0.6 is 0 Å². The van der Waals surface area contributed by atoms with Crippen molar-refractivity contribution in [1.82, 2.24) is 4.90 Å². The number of hydrogen-bond donors (Lipinski definition) is 2. The SMILES string of the molecule is COc1ccc(C(O)=C2C(=O)C(=O)N(CCCO)[C@@H]2c2ccc(OC)cc2OC)cc1. The molecule has 1 aliphatic rings. The first-order valence-corrected chi connectivity index (χ1v) is 9.72. The van der Waals surface area contributed by atoms with Gasteiger partial charge in [-0.25, -0.2) is 0 Å². The van der Waals surface area contributed by atoms with Crippen molar-refractivity contribution in [3.8, 4) is 17.2 Å². The second-order valence-electron chi connectivity index (χ2n) is 6.91. The topological polar surface area (TPSA) is 106 Å². The zero-order valence-corrected chi connectivity index (χ0v) is 17.6. The van der Waals surface area contributed by atoms with Gasteiger partial charge in [-0.05, 0) is 42.8 Å². The van der Waals surface area contributed by atoms with Crippen LogP contribution in [0.1, 0.15) is 23.6 Å². The molecule has 2 N–H and O–H groups in total. The number of ether oxygens (including phenoxy) is 3. The van der Waals surface area contributed by atoms with Gasteiger partial charge in [-0.3, -0.25) is 9.59 Å². The minimum absolute atomic E-state index is 0.0448. The van der Waals surface area contributed by atoms with Crippen molar-refractivity contribution in [2.24, 2.45) is 0 Å². The van der Waals surface area contributed by atoms with Gasteiger partial charge >= 0.3 is 0 Å². The fourth-order valence-electron chi connectivity index (χ4n) is 3.62. The first kappa shape index (κ1) is 22.2. The van der Waals surface area contributed by atoms with Crippen LogP contribution in [0.5, 0.6) is 17.2 Å². The van der Waals surface area contributed by atoms with Crippen LogP contribution in [0, 0.1) is 0 Å². The largest absolute Gasteiger partial charge is 0.507 e. The van der Waals surface area contributed by atoms with Crippen LogP contribution < -0.4 is 14.2 Å². The molecule has 0 aromatic heterocycles. The summed E-state index contributed by atoms with van der Waals surface area (Å²) in [5.41, 5.74) is 0.852. The summed E-state index contributed by atoms with van der Waals surface area (Å²) in [6, 6.07) is 10.7. The Morgan fingerprint density at radius 2 is 1.61 bits per heavy atom. The monoisotopic (exact) mass is 427 g/mol. The van der Waals surface area contributed by atoms with Gasteiger partial charge in [0.2, 0.25) is 0 Å². The molecule has 164 valence electrons. The molecular formula is C23H25NO7. The zero-order valence-electron chi connectivity index (χ0n) is 17.6. The van der Waals surface area contributed by atoms with E-state index in [1.165, 1.54) is 26.2 Å². The van der Waals surface area contributed by atoms with Crippen molar-refractivity contribution in [3.63, 3.8) is 0 Å². The summed E-state index contributed by atoms with van der Waals surface area (Å²) in [6.45, 7) is -0.00569. The Kier molecular flexibility index (Phi) is 6.81. The van der Waals surface area contributed by atoms with Gasteiger partial charge in [-0.15, -0.1) is 0 Å². The van der Waals surface area contributed by atoms with Crippen molar-refractivity contribution in [1.29, 1.82) is 0 Å². The first-order valence-electron chi connectivity index (χ1n) is 9.72. The van der Waals surface area contributed by atoms with E-state index in [2.05, 4.69) is 0 Å². The number of ketones is 1. The summed E-state index contributed by atoms with van der Waals surface area (Å²) < 4.78 is 15.9. The quantitative estimate of drug-likeness (QED) is 0.379. The summed E-state index contributed by atoms with van der Waals surface area (Å²) in [6.07, 6.45) is 0.282. The number of carbonyl (C=O) groups is 2. The number of likely N-dealkylation sites (tertiary alicyclic amines) is 1. The fraction of sp³-hybridized carbons (Fsp3) is 0.304. The van der Waals surface area contributed by atoms with Crippen molar-refractivity contribution in [3.05, 3.63) is 59.2 Å². The zero-order chi connectivity index (χ0) is 22.5. The smallest absolute Gasteiger partial charge is 0.295 e. The molecule has 1 aliphatic heterocycles. The summed E-state index contributed by atoms with van der Waals surface area (Å²) >= 11 is 0. The van der Waals surface area contributed by atoms with Gasteiger partial charge in [-0.1, -0.05) is 0 Å². The van der Waals surface area contributed by atoms with E-state index in [0.29, 0.717) is 28.4 Å². The van der Waals surface area contributed by atoms with Crippen LogP contribution in [-0.4, -0.2) is 61.3 Å². The van der Waals surface area contributed by atoms with E-state index in [-0.39, 0.29) is 30.9 Å². The van der Waals surface area contributed by atoms with Crippen molar-refractivity contribution in [2.75, 3.05) is 34.5 Å². The molecule has 1 saturated heterocycles. The van der Waals surface area contributed by atoms with E-state index in [9.17, 15) is 19.8 Å². The molecule has 1 fully saturated rings. The minimum Gasteiger partial charge on any atom is -0.507 e. The molecule has 2 aromatic rings. The summed E-state index contributed by atoms with van der Waals surface area (Å²) in [7, 11) is 4.52. The third-order valence-corrected chi connectivity index (χ3v) is 5.20. The number of hydrogen-bond acceptors (Lipinski definition) is 7. The maximum atomic E-state index is 13.0. The average molecular weight is 427 g/mol. The van der Waals surface area contributed by atoms with E-state index < -0.39 is 17.7 Å². The van der Waals surface area contributed by atoms with E-state index in [1.807, 2.05) is 0 Å². The third kappa shape index (κ3) is 4.20. The molecule has 8 nitrogen and oxygen atoms in total. The molecule has 1 heterocycles. The van der Waals surface area contributed by atoms with E-state index in [4.69, 9.17) is 14.2 Å². The highest BCUT2D eigenvalue weighted by Crippen LogP contribution is 2.43. The molecule has 0 saturated carbocycles. The molecule has 2 aromatic carbocycles. The number of amides is 1. The van der Waals surface area contributed by atoms with Gasteiger partial charge < -0.3 is 29.3 Å². The predicted molar refractivity (Wildman–Crippen MR) is 113 cm³/mol. The molecule has 31 heavy (non-hydrogen) atoms.